The van der Waals surface area contributed by atoms with E-state index >= 15 is 0 Å². The lowest BCUT2D eigenvalue weighted by atomic mass is 9.98. The number of aromatic hydroxyl groups is 2. The van der Waals surface area contributed by atoms with Crippen molar-refractivity contribution >= 4 is 99.6 Å². The third-order valence-electron chi connectivity index (χ3n) is 22.8. The van der Waals surface area contributed by atoms with E-state index in [4.69, 9.17) is 17.2 Å². The zero-order chi connectivity index (χ0) is 96.6. The standard InChI is InChI=1S/C93H146N18O19/c1-14-15-16-17-18-19-20-21-22-23-24-25-26-35-74(117)106-75(54(6)7)87(125)107-76(55(8)9)88(126)110-79(59(13)114)91(129)105-72(47-53(4)5)92(130)111-45-30-34-73(111)86(124)102-68(46-52(2)3)83(121)101-71(50-62-51-98-66-32-28-27-31-65(62)66)82(120)99-56(10)81(119)108-77(57(11)112)89(127)104-70(49-61-38-42-64(116)43-39-61)85(123)109-78(58(12)113)90(128)103-69(48-60-36-40-63(115)41-37-60)84(122)100-67(80(94)118)33-29-44-97-93(95)96/h27-28,31-32,36-43,51-59,67-73,75-79,98,112-116H,14-26,29-30,33-35,44-50H2,1-13H3,(H2,94,118)(H,99,120)(H,100,122)(H,101,121)(H,102,124)(H,103,128)(H,104,127)(H,105,129)(H,106,117)(H,107,125)(H,108,119)(H,109,123)(H,110,126)(H4,95,96,97)/t56-,57+,58+,59+,67-,68-,69-,70-,71-,72-,73-,75-,76-,77-,78-,79-/m0/s1. The normalized spacial score (nSPS) is 16.1. The van der Waals surface area contributed by atoms with Crippen molar-refractivity contribution in [3.63, 3.8) is 0 Å². The third kappa shape index (κ3) is 37.2. The monoisotopic (exact) mass is 1820 g/mol. The Morgan fingerprint density at radius 3 is 1.31 bits per heavy atom. The molecule has 1 aliphatic rings. The maximum Gasteiger partial charge on any atom is 0.245 e. The first-order chi connectivity index (χ1) is 61.5. The molecule has 16 atom stereocenters. The van der Waals surface area contributed by atoms with Gasteiger partial charge < -0.3 is 116 Å². The predicted octanol–water partition coefficient (Wildman–Crippen LogP) is 3.00. The molecule has 1 saturated heterocycles. The second-order valence-corrected chi connectivity index (χ2v) is 35.9. The van der Waals surface area contributed by atoms with Crippen molar-refractivity contribution in [3.8, 4) is 11.5 Å². The molecule has 0 aliphatic carbocycles. The van der Waals surface area contributed by atoms with E-state index in [9.17, 15) is 92.7 Å². The van der Waals surface area contributed by atoms with Crippen LogP contribution in [-0.2, 0) is 86.4 Å². The summed E-state index contributed by atoms with van der Waals surface area (Å²) in [7, 11) is 0. The van der Waals surface area contributed by atoms with Crippen LogP contribution in [0.15, 0.2) is 84.0 Å². The third-order valence-corrected chi connectivity index (χ3v) is 22.8. The Hall–Kier alpha value is -11.5. The highest BCUT2D eigenvalue weighted by Crippen LogP contribution is 2.25. The van der Waals surface area contributed by atoms with Crippen LogP contribution in [0.4, 0.5) is 0 Å². The summed E-state index contributed by atoms with van der Waals surface area (Å²) < 4.78 is 0. The number of aromatic nitrogens is 1. The molecule has 0 unspecified atom stereocenters. The number of nitrogens with zero attached hydrogens (tertiary/aromatic N) is 2. The van der Waals surface area contributed by atoms with Gasteiger partial charge in [-0.25, -0.2) is 0 Å². The first kappa shape index (κ1) is 109. The van der Waals surface area contributed by atoms with Crippen LogP contribution in [-0.4, -0.2) is 234 Å². The number of nitrogens with two attached hydrogens (primary N) is 3. The van der Waals surface area contributed by atoms with E-state index in [0.717, 1.165) is 39.5 Å². The molecule has 2 heterocycles. The van der Waals surface area contributed by atoms with Gasteiger partial charge in [-0.1, -0.05) is 182 Å². The number of hydrogen-bond donors (Lipinski definition) is 21. The SMILES string of the molecule is CCCCCCCCCCCCCCCC(=O)N[C@H](C(=O)N[C@H](C(=O)N[C@H](C(=O)N[C@@H](CC(C)C)C(=O)N1CCC[C@H]1C(=O)N[C@@H](CC(C)C)C(=O)N[C@@H](Cc1c[nH]c2ccccc12)C(=O)N[C@@H](C)C(=O)N[C@H](C(=O)N[C@@H](Cc1ccc(O)cc1)C(=O)N[C@H](C(=O)N[C@@H](Cc1ccc(O)cc1)C(=O)N[C@@H](CCCN=C(N)N)C(N)=O)[C@@H](C)O)[C@@H](C)O)[C@@H](C)O)C(C)C)C(C)C. The van der Waals surface area contributed by atoms with E-state index < -0.39 is 180 Å². The molecule has 0 saturated carbocycles. The Labute approximate surface area is 763 Å². The van der Waals surface area contributed by atoms with Crippen LogP contribution in [0.3, 0.4) is 0 Å². The van der Waals surface area contributed by atoms with Crippen molar-refractivity contribution in [1.29, 1.82) is 0 Å². The van der Waals surface area contributed by atoms with Gasteiger partial charge in [-0.15, -0.1) is 0 Å². The van der Waals surface area contributed by atoms with Gasteiger partial charge in [0.15, 0.2) is 5.96 Å². The number of para-hydroxylation sites is 1. The molecule has 4 aromatic rings. The zero-order valence-electron chi connectivity index (χ0n) is 77.8. The van der Waals surface area contributed by atoms with E-state index in [0.29, 0.717) is 40.4 Å². The Balaban J connectivity index is 1.30. The lowest BCUT2D eigenvalue weighted by molar-refractivity contribution is -0.143. The lowest BCUT2D eigenvalue weighted by Crippen LogP contribution is -2.63. The van der Waals surface area contributed by atoms with Gasteiger partial charge in [0.25, 0.3) is 0 Å². The fraction of sp³-hybridized carbons (Fsp3) is 0.624. The van der Waals surface area contributed by atoms with Crippen LogP contribution >= 0.6 is 0 Å². The topological polar surface area (TPSA) is 594 Å². The summed E-state index contributed by atoms with van der Waals surface area (Å²) in [6, 6.07) is -1.10. The highest BCUT2D eigenvalue weighted by atomic mass is 16.3. The number of aliphatic hydroxyl groups excluding tert-OH is 3. The number of guanidine groups is 1. The maximum atomic E-state index is 15.0. The highest BCUT2D eigenvalue weighted by Gasteiger charge is 2.43. The van der Waals surface area contributed by atoms with E-state index in [1.54, 1.807) is 85.9 Å². The van der Waals surface area contributed by atoms with Gasteiger partial charge in [0, 0.05) is 55.9 Å². The molecule has 14 amide bonds. The Morgan fingerprint density at radius 2 is 0.831 bits per heavy atom. The number of likely N-dealkylation sites (tertiary alicyclic amines) is 1. The molecule has 3 aromatic carbocycles. The van der Waals surface area contributed by atoms with E-state index in [1.807, 2.05) is 0 Å². The van der Waals surface area contributed by atoms with Crippen molar-refractivity contribution in [2.45, 2.75) is 335 Å². The fourth-order valence-corrected chi connectivity index (χ4v) is 15.4. The van der Waals surface area contributed by atoms with Gasteiger partial charge in [0.2, 0.25) is 82.7 Å². The number of phenolic OH excluding ortho intramolecular Hbond substituents is 2. The number of phenols is 2. The Morgan fingerprint density at radius 1 is 0.431 bits per heavy atom. The van der Waals surface area contributed by atoms with E-state index in [1.165, 1.54) is 119 Å². The average Bonchev–Trinajstić information content (AvgIpc) is 1.64. The van der Waals surface area contributed by atoms with Crippen molar-refractivity contribution < 1.29 is 92.7 Å². The number of carbonyl (C=O) groups excluding carboxylic acids is 14. The number of unbranched alkanes of at least 4 members (excludes halogenated alkanes) is 12. The average molecular weight is 1820 g/mol. The summed E-state index contributed by atoms with van der Waals surface area (Å²) in [6.07, 6.45) is 11.6. The van der Waals surface area contributed by atoms with Gasteiger partial charge in [0.05, 0.1) is 18.3 Å². The molecule has 722 valence electrons. The smallest absolute Gasteiger partial charge is 0.245 e. The first-order valence-electron chi connectivity index (χ1n) is 45.9. The quantitative estimate of drug-likeness (QED) is 0.0172. The molecule has 130 heavy (non-hydrogen) atoms. The molecule has 1 aliphatic heterocycles. The maximum absolute atomic E-state index is 15.0. The predicted molar refractivity (Wildman–Crippen MR) is 492 cm³/mol. The summed E-state index contributed by atoms with van der Waals surface area (Å²) in [5.74, 6) is -14.2. The van der Waals surface area contributed by atoms with Crippen molar-refractivity contribution in [1.82, 2.24) is 73.7 Å². The molecule has 0 radical (unpaired) electrons. The van der Waals surface area contributed by atoms with E-state index in [-0.39, 0.29) is 112 Å². The minimum atomic E-state index is -1.90. The number of aromatic amines is 1. The summed E-state index contributed by atoms with van der Waals surface area (Å²) in [4.78, 5) is 208. The molecule has 24 N–H and O–H groups in total. The summed E-state index contributed by atoms with van der Waals surface area (Å²) in [6.45, 7) is 21.3. The van der Waals surface area contributed by atoms with Crippen molar-refractivity contribution in [2.75, 3.05) is 13.1 Å². The second kappa shape index (κ2) is 55.5. The number of H-pyrrole nitrogens is 1. The number of aliphatic hydroxyl groups is 3. The molecule has 0 bridgehead atoms. The number of aliphatic imine (C=N–C) groups is 1. The molecular weight excluding hydrogens is 1670 g/mol. The molecule has 5 rings (SSSR count). The summed E-state index contributed by atoms with van der Waals surface area (Å²) in [5.41, 5.74) is 18.4. The summed E-state index contributed by atoms with van der Waals surface area (Å²) in [5, 5.41) is 85.8. The minimum Gasteiger partial charge on any atom is -0.508 e. The summed E-state index contributed by atoms with van der Waals surface area (Å²) >= 11 is 0. The van der Waals surface area contributed by atoms with E-state index in [2.05, 4.69) is 80.7 Å². The van der Waals surface area contributed by atoms with Gasteiger partial charge >= 0.3 is 0 Å². The number of amides is 14. The Kier molecular flexibility index (Phi) is 46.6. The number of hydrogen-bond acceptors (Lipinski definition) is 20. The van der Waals surface area contributed by atoms with Crippen LogP contribution in [0.25, 0.3) is 10.9 Å². The molecule has 0 spiro atoms. The van der Waals surface area contributed by atoms with Crippen LogP contribution in [0.5, 0.6) is 11.5 Å². The highest BCUT2D eigenvalue weighted by molar-refractivity contribution is 6.01. The van der Waals surface area contributed by atoms with Crippen LogP contribution < -0.4 is 81.0 Å². The van der Waals surface area contributed by atoms with Gasteiger partial charge in [-0.2, -0.15) is 0 Å². The van der Waals surface area contributed by atoms with Crippen LogP contribution in [0.1, 0.15) is 235 Å². The number of primary amides is 1. The molecule has 1 fully saturated rings. The zero-order valence-corrected chi connectivity index (χ0v) is 77.8. The van der Waals surface area contributed by atoms with Gasteiger partial charge in [0.1, 0.15) is 90.0 Å². The molecule has 1 aromatic heterocycles. The fourth-order valence-electron chi connectivity index (χ4n) is 15.4. The van der Waals surface area contributed by atoms with Crippen molar-refractivity contribution in [3.05, 3.63) is 95.7 Å². The number of nitrogens with one attached hydrogen (secondary N) is 13. The molecular formula is C93H146N18O19. The lowest BCUT2D eigenvalue weighted by Gasteiger charge is -2.32. The Bertz CT molecular complexity index is 4360. The van der Waals surface area contributed by atoms with Crippen molar-refractivity contribution in [2.24, 2.45) is 45.9 Å². The number of rotatable bonds is 58. The molecule has 37 heteroatoms. The first-order valence-corrected chi connectivity index (χ1v) is 45.9. The van der Waals surface area contributed by atoms with Crippen LogP contribution in [0, 0.1) is 23.7 Å². The number of fused-ring (bicyclic) bond motifs is 1. The number of benzene rings is 3. The molecule has 37 nitrogen and oxygen atoms in total. The second-order valence-electron chi connectivity index (χ2n) is 35.9. The van der Waals surface area contributed by atoms with Crippen LogP contribution in [0.2, 0.25) is 0 Å². The van der Waals surface area contributed by atoms with Gasteiger partial charge in [-0.3, -0.25) is 72.1 Å². The largest absolute Gasteiger partial charge is 0.508 e. The van der Waals surface area contributed by atoms with Gasteiger partial charge in [-0.05, 0) is 143 Å². The minimum absolute atomic E-state index is 0.000173. The number of carbonyl (C=O) groups is 14.